The molecule has 0 saturated heterocycles. The van der Waals surface area contributed by atoms with Crippen LogP contribution in [-0.2, 0) is 0 Å². The molecule has 0 saturated carbocycles. The zero-order valence-electron chi connectivity index (χ0n) is 9.05. The van der Waals surface area contributed by atoms with Crippen LogP contribution in [0.2, 0.25) is 0 Å². The van der Waals surface area contributed by atoms with Gasteiger partial charge in [0.2, 0.25) is 5.95 Å². The first-order valence-electron chi connectivity index (χ1n) is 4.96. The largest absolute Gasteiger partial charge is 0.393 e. The van der Waals surface area contributed by atoms with Crippen molar-refractivity contribution in [2.45, 2.75) is 13.8 Å². The van der Waals surface area contributed by atoms with E-state index in [0.717, 1.165) is 19.0 Å². The van der Waals surface area contributed by atoms with E-state index in [1.54, 1.807) is 18.5 Å². The summed E-state index contributed by atoms with van der Waals surface area (Å²) in [7, 11) is 0. The molecule has 1 aromatic rings. The Labute approximate surface area is 95.5 Å². The third-order valence-electron chi connectivity index (χ3n) is 2.20. The Kier molecular flexibility index (Phi) is 4.42. The number of nitrogens with zero attached hydrogens (tertiary/aromatic N) is 3. The molecule has 5 heteroatoms. The van der Waals surface area contributed by atoms with Gasteiger partial charge in [0, 0.05) is 31.4 Å². The van der Waals surface area contributed by atoms with Gasteiger partial charge in [-0.2, -0.15) is 0 Å². The Morgan fingerprint density at radius 3 is 2.60 bits per heavy atom. The maximum Gasteiger partial charge on any atom is 0.225 e. The van der Waals surface area contributed by atoms with Gasteiger partial charge in [-0.15, -0.1) is 0 Å². The maximum atomic E-state index is 5.58. The summed E-state index contributed by atoms with van der Waals surface area (Å²) in [5.74, 6) is 0.895. The number of rotatable bonds is 5. The molecule has 1 rings (SSSR count). The first-order valence-corrected chi connectivity index (χ1v) is 5.37. The highest BCUT2D eigenvalue weighted by Gasteiger charge is 2.12. The topological polar surface area (TPSA) is 55.0 Å². The van der Waals surface area contributed by atoms with Crippen molar-refractivity contribution >= 4 is 23.2 Å². The Morgan fingerprint density at radius 2 is 2.13 bits per heavy atom. The highest BCUT2D eigenvalue weighted by Crippen LogP contribution is 2.08. The number of hydrogen-bond acceptors (Lipinski definition) is 4. The summed E-state index contributed by atoms with van der Waals surface area (Å²) >= 11 is 4.94. The van der Waals surface area contributed by atoms with Gasteiger partial charge in [0.1, 0.15) is 0 Å². The second-order valence-corrected chi connectivity index (χ2v) is 3.86. The van der Waals surface area contributed by atoms with E-state index < -0.39 is 0 Å². The lowest BCUT2D eigenvalue weighted by Crippen LogP contribution is -2.34. The standard InChI is InChI=1S/C10H16N4S/c1-3-14(7-8(2)9(11)15)10-12-5-4-6-13-10/h4-6,8H,3,7H2,1-2H3,(H2,11,15). The van der Waals surface area contributed by atoms with Gasteiger partial charge in [-0.05, 0) is 13.0 Å². The Hall–Kier alpha value is -1.23. The van der Waals surface area contributed by atoms with Crippen molar-refractivity contribution in [2.75, 3.05) is 18.0 Å². The van der Waals surface area contributed by atoms with Gasteiger partial charge in [0.15, 0.2) is 0 Å². The summed E-state index contributed by atoms with van der Waals surface area (Å²) in [6.45, 7) is 5.67. The molecule has 0 fully saturated rings. The van der Waals surface area contributed by atoms with E-state index in [1.807, 2.05) is 6.92 Å². The van der Waals surface area contributed by atoms with Crippen LogP contribution >= 0.6 is 12.2 Å². The van der Waals surface area contributed by atoms with Gasteiger partial charge in [-0.25, -0.2) is 9.97 Å². The zero-order valence-corrected chi connectivity index (χ0v) is 9.87. The van der Waals surface area contributed by atoms with Gasteiger partial charge in [0.25, 0.3) is 0 Å². The molecule has 15 heavy (non-hydrogen) atoms. The molecule has 82 valence electrons. The molecule has 0 aromatic carbocycles. The fourth-order valence-corrected chi connectivity index (χ4v) is 1.30. The zero-order chi connectivity index (χ0) is 11.3. The Bertz CT molecular complexity index is 314. The van der Waals surface area contributed by atoms with Crippen LogP contribution in [0.5, 0.6) is 0 Å². The first-order chi connectivity index (χ1) is 7.15. The molecule has 1 heterocycles. The molecule has 0 bridgehead atoms. The predicted octanol–water partition coefficient (Wildman–Crippen LogP) is 1.23. The quantitative estimate of drug-likeness (QED) is 0.762. The fraction of sp³-hybridized carbons (Fsp3) is 0.500. The average molecular weight is 224 g/mol. The summed E-state index contributed by atoms with van der Waals surface area (Å²) in [6.07, 6.45) is 3.47. The lowest BCUT2D eigenvalue weighted by atomic mass is 10.2. The van der Waals surface area contributed by atoms with Crippen LogP contribution in [0.25, 0.3) is 0 Å². The summed E-state index contributed by atoms with van der Waals surface area (Å²) in [6, 6.07) is 1.80. The molecular formula is C10H16N4S. The van der Waals surface area contributed by atoms with Crippen molar-refractivity contribution in [1.29, 1.82) is 0 Å². The molecule has 1 atom stereocenters. The van der Waals surface area contributed by atoms with Crippen LogP contribution in [0.3, 0.4) is 0 Å². The van der Waals surface area contributed by atoms with Gasteiger partial charge in [-0.1, -0.05) is 19.1 Å². The minimum Gasteiger partial charge on any atom is -0.393 e. The van der Waals surface area contributed by atoms with Crippen LogP contribution in [0.1, 0.15) is 13.8 Å². The van der Waals surface area contributed by atoms with E-state index in [2.05, 4.69) is 21.8 Å². The normalized spacial score (nSPS) is 12.1. The fourth-order valence-electron chi connectivity index (χ4n) is 1.23. The van der Waals surface area contributed by atoms with Crippen molar-refractivity contribution in [3.05, 3.63) is 18.5 Å². The number of anilines is 1. The number of nitrogens with two attached hydrogens (primary N) is 1. The number of aromatic nitrogens is 2. The van der Waals surface area contributed by atoms with Gasteiger partial charge >= 0.3 is 0 Å². The van der Waals surface area contributed by atoms with Gasteiger partial charge in [0.05, 0.1) is 4.99 Å². The highest BCUT2D eigenvalue weighted by molar-refractivity contribution is 7.80. The Balaban J connectivity index is 2.69. The lowest BCUT2D eigenvalue weighted by Gasteiger charge is -2.23. The van der Waals surface area contributed by atoms with E-state index in [9.17, 15) is 0 Å². The molecule has 4 nitrogen and oxygen atoms in total. The SMILES string of the molecule is CCN(CC(C)C(N)=S)c1ncccn1. The first kappa shape index (κ1) is 11.8. The molecular weight excluding hydrogens is 208 g/mol. The van der Waals surface area contributed by atoms with Gasteiger partial charge < -0.3 is 10.6 Å². The molecule has 2 N–H and O–H groups in total. The van der Waals surface area contributed by atoms with Crippen LogP contribution in [0, 0.1) is 5.92 Å². The number of thiocarbonyl (C=S) groups is 1. The monoisotopic (exact) mass is 224 g/mol. The third-order valence-corrected chi connectivity index (χ3v) is 2.60. The summed E-state index contributed by atoms with van der Waals surface area (Å²) in [5.41, 5.74) is 5.58. The van der Waals surface area contributed by atoms with Crippen LogP contribution in [0.4, 0.5) is 5.95 Å². The van der Waals surface area contributed by atoms with Crippen LogP contribution in [0.15, 0.2) is 18.5 Å². The summed E-state index contributed by atoms with van der Waals surface area (Å²) in [4.78, 5) is 11.0. The second-order valence-electron chi connectivity index (χ2n) is 3.39. The van der Waals surface area contributed by atoms with Crippen molar-refractivity contribution in [3.8, 4) is 0 Å². The molecule has 0 amide bonds. The van der Waals surface area contributed by atoms with E-state index in [-0.39, 0.29) is 5.92 Å². The summed E-state index contributed by atoms with van der Waals surface area (Å²) in [5, 5.41) is 0. The summed E-state index contributed by atoms with van der Waals surface area (Å²) < 4.78 is 0. The molecule has 1 aromatic heterocycles. The highest BCUT2D eigenvalue weighted by atomic mass is 32.1. The van der Waals surface area contributed by atoms with E-state index in [1.165, 1.54) is 0 Å². The minimum absolute atomic E-state index is 0.170. The van der Waals surface area contributed by atoms with Crippen molar-refractivity contribution in [1.82, 2.24) is 9.97 Å². The second kappa shape index (κ2) is 5.60. The molecule has 0 aliphatic rings. The molecule has 1 unspecified atom stereocenters. The predicted molar refractivity (Wildman–Crippen MR) is 65.9 cm³/mol. The van der Waals surface area contributed by atoms with Gasteiger partial charge in [-0.3, -0.25) is 0 Å². The third kappa shape index (κ3) is 3.43. The smallest absolute Gasteiger partial charge is 0.225 e. The van der Waals surface area contributed by atoms with E-state index >= 15 is 0 Å². The average Bonchev–Trinajstić information content (AvgIpc) is 2.26. The van der Waals surface area contributed by atoms with Crippen LogP contribution < -0.4 is 10.6 Å². The number of hydrogen-bond donors (Lipinski definition) is 1. The van der Waals surface area contributed by atoms with Crippen LogP contribution in [-0.4, -0.2) is 28.0 Å². The van der Waals surface area contributed by atoms with Crippen molar-refractivity contribution in [2.24, 2.45) is 11.7 Å². The molecule has 0 aliphatic carbocycles. The minimum atomic E-state index is 0.170. The van der Waals surface area contributed by atoms with Crippen molar-refractivity contribution in [3.63, 3.8) is 0 Å². The molecule has 0 aliphatic heterocycles. The van der Waals surface area contributed by atoms with E-state index in [0.29, 0.717) is 4.99 Å². The van der Waals surface area contributed by atoms with E-state index in [4.69, 9.17) is 18.0 Å². The Morgan fingerprint density at radius 1 is 1.53 bits per heavy atom. The maximum absolute atomic E-state index is 5.58. The lowest BCUT2D eigenvalue weighted by molar-refractivity contribution is 0.690. The molecule has 0 spiro atoms. The molecule has 0 radical (unpaired) electrons. The van der Waals surface area contributed by atoms with Crippen molar-refractivity contribution < 1.29 is 0 Å².